The van der Waals surface area contributed by atoms with E-state index in [9.17, 15) is 0 Å². The zero-order chi connectivity index (χ0) is 11.5. The highest BCUT2D eigenvalue weighted by atomic mass is 14.6. The van der Waals surface area contributed by atoms with Crippen LogP contribution in [0.5, 0.6) is 0 Å². The molecule has 80 valence electrons. The Labute approximate surface area is 101 Å². The molecule has 1 aromatic carbocycles. The van der Waals surface area contributed by atoms with Crippen LogP contribution in [0.15, 0.2) is 54.2 Å². The zero-order valence-corrected chi connectivity index (χ0v) is 9.35. The lowest BCUT2D eigenvalue weighted by Gasteiger charge is -1.94. The molecule has 1 aromatic heterocycles. The smallest absolute Gasteiger partial charge is 0.113 e. The van der Waals surface area contributed by atoms with E-state index < -0.39 is 0 Å². The maximum Gasteiger partial charge on any atom is 0.113 e. The predicted octanol–water partition coefficient (Wildman–Crippen LogP) is 3.07. The van der Waals surface area contributed by atoms with Gasteiger partial charge in [0.2, 0.25) is 0 Å². The van der Waals surface area contributed by atoms with Gasteiger partial charge in [-0.1, -0.05) is 36.3 Å². The SMILES string of the molecule is C(#Cc1ccccn1)C1=Cc2ccccc2C1. The first-order valence-corrected chi connectivity index (χ1v) is 5.63. The number of hydrogen-bond donors (Lipinski definition) is 0. The molecule has 0 bridgehead atoms. The second kappa shape index (κ2) is 4.27. The van der Waals surface area contributed by atoms with Crippen molar-refractivity contribution in [3.8, 4) is 11.8 Å². The van der Waals surface area contributed by atoms with Crippen molar-refractivity contribution in [3.63, 3.8) is 0 Å². The summed E-state index contributed by atoms with van der Waals surface area (Å²) in [6.45, 7) is 0. The average molecular weight is 217 g/mol. The van der Waals surface area contributed by atoms with Crippen LogP contribution in [0.4, 0.5) is 0 Å². The Balaban J connectivity index is 1.85. The second-order valence-corrected chi connectivity index (χ2v) is 4.01. The molecule has 0 saturated heterocycles. The molecule has 1 nitrogen and oxygen atoms in total. The van der Waals surface area contributed by atoms with E-state index in [1.807, 2.05) is 18.2 Å². The maximum absolute atomic E-state index is 4.19. The van der Waals surface area contributed by atoms with Crippen molar-refractivity contribution in [1.29, 1.82) is 0 Å². The van der Waals surface area contributed by atoms with Crippen LogP contribution in [0.2, 0.25) is 0 Å². The summed E-state index contributed by atoms with van der Waals surface area (Å²) >= 11 is 0. The molecule has 0 unspecified atom stereocenters. The van der Waals surface area contributed by atoms with E-state index in [0.717, 1.165) is 17.7 Å². The number of nitrogens with zero attached hydrogens (tertiary/aromatic N) is 1. The normalized spacial score (nSPS) is 12.4. The number of allylic oxidation sites excluding steroid dienone is 1. The Morgan fingerprint density at radius 3 is 2.65 bits per heavy atom. The van der Waals surface area contributed by atoms with Gasteiger partial charge >= 0.3 is 0 Å². The van der Waals surface area contributed by atoms with E-state index in [0.29, 0.717) is 0 Å². The molecule has 2 aromatic rings. The van der Waals surface area contributed by atoms with Gasteiger partial charge in [-0.2, -0.15) is 0 Å². The molecule has 1 aliphatic rings. The van der Waals surface area contributed by atoms with Gasteiger partial charge in [0.25, 0.3) is 0 Å². The van der Waals surface area contributed by atoms with Crippen LogP contribution in [-0.2, 0) is 6.42 Å². The molecule has 0 aliphatic heterocycles. The first-order chi connectivity index (χ1) is 8.42. The third-order valence-electron chi connectivity index (χ3n) is 2.78. The quantitative estimate of drug-likeness (QED) is 0.618. The van der Waals surface area contributed by atoms with Crippen molar-refractivity contribution >= 4 is 6.08 Å². The monoisotopic (exact) mass is 217 g/mol. The van der Waals surface area contributed by atoms with Crippen LogP contribution in [0.25, 0.3) is 6.08 Å². The van der Waals surface area contributed by atoms with E-state index in [1.165, 1.54) is 11.1 Å². The highest BCUT2D eigenvalue weighted by Gasteiger charge is 2.09. The topological polar surface area (TPSA) is 12.9 Å². The Bertz CT molecular complexity index is 627. The number of fused-ring (bicyclic) bond motifs is 1. The van der Waals surface area contributed by atoms with E-state index in [-0.39, 0.29) is 0 Å². The molecule has 0 saturated carbocycles. The average Bonchev–Trinajstić information content (AvgIpc) is 2.80. The minimum atomic E-state index is 0.823. The molecule has 0 radical (unpaired) electrons. The van der Waals surface area contributed by atoms with Crippen molar-refractivity contribution in [1.82, 2.24) is 4.98 Å². The van der Waals surface area contributed by atoms with Crippen LogP contribution in [0, 0.1) is 11.8 Å². The number of aromatic nitrogens is 1. The summed E-state index contributed by atoms with van der Waals surface area (Å²) in [5.41, 5.74) is 4.64. The summed E-state index contributed by atoms with van der Waals surface area (Å²) in [6, 6.07) is 14.2. The number of hydrogen-bond acceptors (Lipinski definition) is 1. The molecule has 17 heavy (non-hydrogen) atoms. The highest BCUT2D eigenvalue weighted by molar-refractivity contribution is 5.68. The molecular weight excluding hydrogens is 206 g/mol. The highest BCUT2D eigenvalue weighted by Crippen LogP contribution is 2.23. The van der Waals surface area contributed by atoms with Crippen LogP contribution < -0.4 is 0 Å². The van der Waals surface area contributed by atoms with Crippen molar-refractivity contribution in [2.45, 2.75) is 6.42 Å². The Hall–Kier alpha value is -2.33. The lowest BCUT2D eigenvalue weighted by molar-refractivity contribution is 1.26. The van der Waals surface area contributed by atoms with E-state index >= 15 is 0 Å². The van der Waals surface area contributed by atoms with E-state index in [1.54, 1.807) is 6.20 Å². The minimum Gasteiger partial charge on any atom is -0.248 e. The molecule has 0 N–H and O–H groups in total. The summed E-state index contributed by atoms with van der Waals surface area (Å²) in [5.74, 6) is 6.29. The lowest BCUT2D eigenvalue weighted by atomic mass is 10.1. The van der Waals surface area contributed by atoms with Crippen LogP contribution in [-0.4, -0.2) is 4.98 Å². The van der Waals surface area contributed by atoms with Crippen molar-refractivity contribution in [3.05, 3.63) is 71.1 Å². The fourth-order valence-electron chi connectivity index (χ4n) is 1.94. The number of rotatable bonds is 0. The third kappa shape index (κ3) is 2.11. The van der Waals surface area contributed by atoms with Crippen molar-refractivity contribution in [2.75, 3.05) is 0 Å². The fourth-order valence-corrected chi connectivity index (χ4v) is 1.94. The standard InChI is InChI=1S/C16H11N/c1-2-6-15-12-13(11-14(15)5-1)8-9-16-7-3-4-10-17-16/h1-7,10-11H,12H2. The van der Waals surface area contributed by atoms with Crippen molar-refractivity contribution < 1.29 is 0 Å². The molecule has 0 fully saturated rings. The van der Waals surface area contributed by atoms with Gasteiger partial charge in [-0.05, 0) is 35.3 Å². The largest absolute Gasteiger partial charge is 0.248 e. The van der Waals surface area contributed by atoms with E-state index in [2.05, 4.69) is 47.2 Å². The molecule has 1 heteroatoms. The van der Waals surface area contributed by atoms with E-state index in [4.69, 9.17) is 0 Å². The summed E-state index contributed by atoms with van der Waals surface area (Å²) < 4.78 is 0. The molecule has 3 rings (SSSR count). The molecule has 1 heterocycles. The summed E-state index contributed by atoms with van der Waals surface area (Å²) in [6.07, 6.45) is 4.86. The number of benzene rings is 1. The van der Waals surface area contributed by atoms with Gasteiger partial charge < -0.3 is 0 Å². The van der Waals surface area contributed by atoms with Gasteiger partial charge in [-0.3, -0.25) is 0 Å². The lowest BCUT2D eigenvalue weighted by Crippen LogP contribution is -1.82. The summed E-state index contributed by atoms with van der Waals surface area (Å²) in [5, 5.41) is 0. The Kier molecular flexibility index (Phi) is 2.48. The first kappa shape index (κ1) is 9.86. The molecular formula is C16H11N. The predicted molar refractivity (Wildman–Crippen MR) is 69.2 cm³/mol. The summed E-state index contributed by atoms with van der Waals surface area (Å²) in [4.78, 5) is 4.19. The summed E-state index contributed by atoms with van der Waals surface area (Å²) in [7, 11) is 0. The number of pyridine rings is 1. The Morgan fingerprint density at radius 1 is 0.941 bits per heavy atom. The van der Waals surface area contributed by atoms with Crippen LogP contribution in [0.3, 0.4) is 0 Å². The molecule has 0 spiro atoms. The fraction of sp³-hybridized carbons (Fsp3) is 0.0625. The second-order valence-electron chi connectivity index (χ2n) is 4.01. The van der Waals surface area contributed by atoms with Crippen LogP contribution >= 0.6 is 0 Å². The molecule has 0 amide bonds. The first-order valence-electron chi connectivity index (χ1n) is 5.63. The van der Waals surface area contributed by atoms with Gasteiger partial charge in [0, 0.05) is 18.2 Å². The van der Waals surface area contributed by atoms with Gasteiger partial charge in [-0.15, -0.1) is 0 Å². The van der Waals surface area contributed by atoms with Crippen molar-refractivity contribution in [2.24, 2.45) is 0 Å². The van der Waals surface area contributed by atoms with Gasteiger partial charge in [0.1, 0.15) is 5.69 Å². The minimum absolute atomic E-state index is 0.823. The zero-order valence-electron chi connectivity index (χ0n) is 9.35. The third-order valence-corrected chi connectivity index (χ3v) is 2.78. The Morgan fingerprint density at radius 2 is 1.82 bits per heavy atom. The van der Waals surface area contributed by atoms with Gasteiger partial charge in [0.05, 0.1) is 0 Å². The maximum atomic E-state index is 4.19. The van der Waals surface area contributed by atoms with Crippen LogP contribution in [0.1, 0.15) is 16.8 Å². The molecule has 1 aliphatic carbocycles. The molecule has 0 atom stereocenters. The van der Waals surface area contributed by atoms with Gasteiger partial charge in [-0.25, -0.2) is 4.98 Å². The van der Waals surface area contributed by atoms with Gasteiger partial charge in [0.15, 0.2) is 0 Å².